The second kappa shape index (κ2) is 13.4. The van der Waals surface area contributed by atoms with Crippen molar-refractivity contribution in [1.82, 2.24) is 16.0 Å². The molecule has 0 bridgehead atoms. The molecule has 0 heterocycles. The molecule has 12 heteroatoms. The number of carboxylic acids is 2. The van der Waals surface area contributed by atoms with Crippen LogP contribution in [0.1, 0.15) is 17.5 Å². The topological polar surface area (TPSA) is 208 Å². The number of carbonyl (C=O) groups excluding carboxylic acids is 3. The van der Waals surface area contributed by atoms with Gasteiger partial charge in [-0.2, -0.15) is 0 Å². The molecule has 3 amide bonds. The average molecular weight is 501 g/mol. The summed E-state index contributed by atoms with van der Waals surface area (Å²) in [7, 11) is 0. The second-order valence-electron chi connectivity index (χ2n) is 8.00. The van der Waals surface area contributed by atoms with Gasteiger partial charge in [-0.1, -0.05) is 42.5 Å². The summed E-state index contributed by atoms with van der Waals surface area (Å²) in [6.45, 7) is -0.655. The molecule has 0 saturated carbocycles. The molecule has 192 valence electrons. The van der Waals surface area contributed by atoms with Crippen LogP contribution in [-0.4, -0.2) is 69.7 Å². The number of aromatic hydroxyl groups is 1. The number of phenols is 1. The van der Waals surface area contributed by atoms with Gasteiger partial charge in [0, 0.05) is 12.8 Å². The molecule has 12 nitrogen and oxygen atoms in total. The van der Waals surface area contributed by atoms with Gasteiger partial charge in [0.2, 0.25) is 17.7 Å². The number of benzene rings is 2. The van der Waals surface area contributed by atoms with Gasteiger partial charge in [-0.25, -0.2) is 0 Å². The monoisotopic (exact) mass is 500 g/mol. The maximum atomic E-state index is 13.2. The van der Waals surface area contributed by atoms with Crippen LogP contribution in [0.15, 0.2) is 54.6 Å². The summed E-state index contributed by atoms with van der Waals surface area (Å²) in [4.78, 5) is 60.1. The number of carboxylic acid groups (broad SMARTS) is 2. The maximum absolute atomic E-state index is 13.2. The van der Waals surface area contributed by atoms with Gasteiger partial charge in [-0.05, 0) is 23.3 Å². The van der Waals surface area contributed by atoms with Gasteiger partial charge >= 0.3 is 11.9 Å². The minimum Gasteiger partial charge on any atom is -0.508 e. The van der Waals surface area contributed by atoms with Gasteiger partial charge in [0.15, 0.2) is 0 Å². The van der Waals surface area contributed by atoms with E-state index in [-0.39, 0.29) is 18.6 Å². The number of nitrogens with one attached hydrogen (secondary N) is 3. The molecule has 0 spiro atoms. The summed E-state index contributed by atoms with van der Waals surface area (Å²) in [5.41, 5.74) is 6.86. The quantitative estimate of drug-likeness (QED) is 0.182. The van der Waals surface area contributed by atoms with Crippen LogP contribution in [0.4, 0.5) is 0 Å². The fourth-order valence-electron chi connectivity index (χ4n) is 3.25. The fourth-order valence-corrected chi connectivity index (χ4v) is 3.25. The van der Waals surface area contributed by atoms with Crippen LogP contribution in [0.3, 0.4) is 0 Å². The lowest BCUT2D eigenvalue weighted by atomic mass is 10.0. The molecule has 2 rings (SSSR count). The fraction of sp³-hybridized carbons (Fsp3) is 0.292. The Balaban J connectivity index is 2.25. The Bertz CT molecular complexity index is 1080. The Hall–Kier alpha value is -4.45. The van der Waals surface area contributed by atoms with Crippen molar-refractivity contribution in [1.29, 1.82) is 0 Å². The number of nitrogens with two attached hydrogens (primary N) is 1. The molecule has 0 fully saturated rings. The Labute approximate surface area is 206 Å². The third-order valence-electron chi connectivity index (χ3n) is 5.07. The molecule has 0 aliphatic carbocycles. The first-order valence-electron chi connectivity index (χ1n) is 10.9. The standard InChI is InChI=1S/C24H28N4O8/c25-17(12-20(30)31)22(34)27-19(11-15-6-8-16(29)9-7-15)24(36)28-18(23(35)26-13-21(32)33)10-14-4-2-1-3-5-14/h1-9,17-19,29H,10-13,25H2,(H,26,35)(H,27,34)(H,28,36)(H,30,31)(H,32,33). The lowest BCUT2D eigenvalue weighted by Gasteiger charge is -2.24. The number of carbonyl (C=O) groups is 5. The minimum absolute atomic E-state index is 0.00899. The van der Waals surface area contributed by atoms with Crippen molar-refractivity contribution in [3.8, 4) is 5.75 Å². The SMILES string of the molecule is NC(CC(=O)O)C(=O)NC(Cc1ccc(O)cc1)C(=O)NC(Cc1ccccc1)C(=O)NCC(=O)O. The molecule has 3 unspecified atom stereocenters. The average Bonchev–Trinajstić information content (AvgIpc) is 2.83. The number of rotatable bonds is 13. The van der Waals surface area contributed by atoms with Gasteiger partial charge in [-0.3, -0.25) is 24.0 Å². The van der Waals surface area contributed by atoms with Gasteiger partial charge in [0.05, 0.1) is 12.5 Å². The van der Waals surface area contributed by atoms with Crippen molar-refractivity contribution in [3.63, 3.8) is 0 Å². The van der Waals surface area contributed by atoms with E-state index in [2.05, 4.69) is 16.0 Å². The van der Waals surface area contributed by atoms with Gasteiger partial charge in [-0.15, -0.1) is 0 Å². The van der Waals surface area contributed by atoms with Gasteiger partial charge in [0.1, 0.15) is 24.4 Å². The van der Waals surface area contributed by atoms with E-state index in [1.807, 2.05) is 0 Å². The highest BCUT2D eigenvalue weighted by atomic mass is 16.4. The zero-order chi connectivity index (χ0) is 26.7. The lowest BCUT2D eigenvalue weighted by Crippen LogP contribution is -2.57. The molecule has 2 aromatic rings. The van der Waals surface area contributed by atoms with E-state index in [0.29, 0.717) is 11.1 Å². The van der Waals surface area contributed by atoms with Crippen molar-refractivity contribution in [2.45, 2.75) is 37.4 Å². The van der Waals surface area contributed by atoms with Crippen molar-refractivity contribution in [2.75, 3.05) is 6.54 Å². The molecule has 2 aromatic carbocycles. The Morgan fingerprint density at radius 3 is 1.81 bits per heavy atom. The number of phenolic OH excluding ortho intramolecular Hbond substituents is 1. The summed E-state index contributed by atoms with van der Waals surface area (Å²) in [5, 5.41) is 34.5. The molecule has 0 aromatic heterocycles. The first-order chi connectivity index (χ1) is 17.0. The van der Waals surface area contributed by atoms with Crippen molar-refractivity contribution in [2.24, 2.45) is 5.73 Å². The number of hydrogen-bond acceptors (Lipinski definition) is 7. The molecule has 8 N–H and O–H groups in total. The normalized spacial score (nSPS) is 13.0. The third kappa shape index (κ3) is 9.43. The van der Waals surface area contributed by atoms with Crippen LogP contribution in [0.2, 0.25) is 0 Å². The zero-order valence-corrected chi connectivity index (χ0v) is 19.2. The van der Waals surface area contributed by atoms with Crippen molar-refractivity contribution >= 4 is 29.7 Å². The zero-order valence-electron chi connectivity index (χ0n) is 19.2. The highest BCUT2D eigenvalue weighted by Crippen LogP contribution is 2.12. The smallest absolute Gasteiger partial charge is 0.322 e. The van der Waals surface area contributed by atoms with Crippen LogP contribution in [0.5, 0.6) is 5.75 Å². The molecule has 0 aliphatic heterocycles. The van der Waals surface area contributed by atoms with Gasteiger partial charge < -0.3 is 37.0 Å². The molecule has 0 saturated heterocycles. The lowest BCUT2D eigenvalue weighted by molar-refractivity contribution is -0.139. The van der Waals surface area contributed by atoms with Crippen molar-refractivity contribution in [3.05, 3.63) is 65.7 Å². The summed E-state index contributed by atoms with van der Waals surface area (Å²) < 4.78 is 0. The minimum atomic E-state index is -1.42. The summed E-state index contributed by atoms with van der Waals surface area (Å²) in [6.07, 6.45) is -0.684. The highest BCUT2D eigenvalue weighted by Gasteiger charge is 2.29. The van der Waals surface area contributed by atoms with E-state index in [0.717, 1.165) is 0 Å². The Morgan fingerprint density at radius 2 is 1.25 bits per heavy atom. The first-order valence-corrected chi connectivity index (χ1v) is 10.9. The summed E-state index contributed by atoms with van der Waals surface area (Å²) in [6, 6.07) is 10.7. The third-order valence-corrected chi connectivity index (χ3v) is 5.07. The van der Waals surface area contributed by atoms with E-state index in [4.69, 9.17) is 15.9 Å². The molecular weight excluding hydrogens is 472 g/mol. The predicted octanol–water partition coefficient (Wildman–Crippen LogP) is -0.850. The van der Waals surface area contributed by atoms with Crippen LogP contribution >= 0.6 is 0 Å². The van der Waals surface area contributed by atoms with Crippen LogP contribution in [0.25, 0.3) is 0 Å². The number of hydrogen-bond donors (Lipinski definition) is 7. The summed E-state index contributed by atoms with van der Waals surface area (Å²) >= 11 is 0. The number of aliphatic carboxylic acids is 2. The van der Waals surface area contributed by atoms with E-state index in [9.17, 15) is 29.1 Å². The molecule has 36 heavy (non-hydrogen) atoms. The van der Waals surface area contributed by atoms with Crippen LogP contribution in [0, 0.1) is 0 Å². The van der Waals surface area contributed by atoms with E-state index >= 15 is 0 Å². The number of amides is 3. The second-order valence-corrected chi connectivity index (χ2v) is 8.00. The molecular formula is C24H28N4O8. The molecule has 3 atom stereocenters. The highest BCUT2D eigenvalue weighted by molar-refractivity contribution is 5.94. The predicted molar refractivity (Wildman–Crippen MR) is 127 cm³/mol. The Morgan fingerprint density at radius 1 is 0.722 bits per heavy atom. The van der Waals surface area contributed by atoms with E-state index in [1.165, 1.54) is 24.3 Å². The largest absolute Gasteiger partial charge is 0.508 e. The van der Waals surface area contributed by atoms with Crippen LogP contribution < -0.4 is 21.7 Å². The van der Waals surface area contributed by atoms with Crippen molar-refractivity contribution < 1.29 is 39.3 Å². The Kier molecular flexibility index (Phi) is 10.4. The van der Waals surface area contributed by atoms with E-state index < -0.39 is 60.8 Å². The van der Waals surface area contributed by atoms with Gasteiger partial charge in [0.25, 0.3) is 0 Å². The summed E-state index contributed by atoms with van der Waals surface area (Å²) in [5.74, 6) is -4.97. The van der Waals surface area contributed by atoms with Crippen LogP contribution in [-0.2, 0) is 36.8 Å². The first kappa shape index (κ1) is 27.8. The molecule has 0 radical (unpaired) electrons. The maximum Gasteiger partial charge on any atom is 0.322 e. The van der Waals surface area contributed by atoms with E-state index in [1.54, 1.807) is 30.3 Å². The molecule has 0 aliphatic rings.